The van der Waals surface area contributed by atoms with E-state index in [0.29, 0.717) is 6.04 Å². The highest BCUT2D eigenvalue weighted by atomic mass is 35.5. The van der Waals surface area contributed by atoms with Gasteiger partial charge in [0.15, 0.2) is 0 Å². The molecule has 1 aliphatic carbocycles. The van der Waals surface area contributed by atoms with Crippen LogP contribution in [0.5, 0.6) is 0 Å². The van der Waals surface area contributed by atoms with Gasteiger partial charge < -0.3 is 0 Å². The number of hydrogen-bond acceptors (Lipinski definition) is 2. The summed E-state index contributed by atoms with van der Waals surface area (Å²) >= 11 is 5.98. The molecule has 1 saturated carbocycles. The van der Waals surface area contributed by atoms with Crippen LogP contribution in [0.1, 0.15) is 43.7 Å². The van der Waals surface area contributed by atoms with Crippen molar-refractivity contribution in [3.05, 3.63) is 53.4 Å². The Labute approximate surface area is 118 Å². The highest BCUT2D eigenvalue weighted by Gasteiger charge is 2.27. The third kappa shape index (κ3) is 2.81. The summed E-state index contributed by atoms with van der Waals surface area (Å²) in [6.07, 6.45) is 9.51. The highest BCUT2D eigenvalue weighted by Crippen LogP contribution is 2.38. The lowest BCUT2D eigenvalue weighted by Gasteiger charge is -2.24. The quantitative estimate of drug-likeness (QED) is 0.773. The van der Waals surface area contributed by atoms with Gasteiger partial charge in [-0.15, -0.1) is 0 Å². The first kappa shape index (κ1) is 12.7. The van der Waals surface area contributed by atoms with Gasteiger partial charge in [-0.3, -0.25) is 0 Å². The summed E-state index contributed by atoms with van der Waals surface area (Å²) < 4.78 is 2.00. The summed E-state index contributed by atoms with van der Waals surface area (Å²) in [5.41, 5.74) is 1.28. The smallest absolute Gasteiger partial charge is 0.137 e. The molecule has 0 N–H and O–H groups in total. The highest BCUT2D eigenvalue weighted by molar-refractivity contribution is 6.30. The van der Waals surface area contributed by atoms with E-state index < -0.39 is 0 Å². The minimum absolute atomic E-state index is 0.339. The molecule has 3 nitrogen and oxygen atoms in total. The van der Waals surface area contributed by atoms with Gasteiger partial charge in [0, 0.05) is 10.9 Å². The average Bonchev–Trinajstić information content (AvgIpc) is 2.85. The van der Waals surface area contributed by atoms with Crippen LogP contribution >= 0.6 is 11.6 Å². The molecule has 1 radical (unpaired) electrons. The lowest BCUT2D eigenvalue weighted by molar-refractivity contribution is 0.442. The minimum Gasteiger partial charge on any atom is -0.249 e. The van der Waals surface area contributed by atoms with E-state index in [-0.39, 0.29) is 0 Å². The van der Waals surface area contributed by atoms with Crippen molar-refractivity contribution in [1.29, 1.82) is 0 Å². The van der Waals surface area contributed by atoms with Crippen molar-refractivity contribution in [2.75, 3.05) is 0 Å². The molecule has 4 heteroatoms. The van der Waals surface area contributed by atoms with Crippen molar-refractivity contribution in [3.63, 3.8) is 0 Å². The van der Waals surface area contributed by atoms with Crippen LogP contribution in [0.4, 0.5) is 0 Å². The summed E-state index contributed by atoms with van der Waals surface area (Å²) in [5, 5.41) is 5.12. The number of nitrogens with zero attached hydrogens (tertiary/aromatic N) is 3. The second kappa shape index (κ2) is 5.74. The molecule has 19 heavy (non-hydrogen) atoms. The van der Waals surface area contributed by atoms with E-state index in [1.165, 1.54) is 30.7 Å². The van der Waals surface area contributed by atoms with Crippen LogP contribution in [0.2, 0.25) is 5.02 Å². The molecule has 1 fully saturated rings. The fraction of sp³-hybridized carbons (Fsp3) is 0.400. The maximum absolute atomic E-state index is 5.98. The lowest BCUT2D eigenvalue weighted by atomic mass is 9.88. The summed E-state index contributed by atoms with van der Waals surface area (Å²) in [6, 6.07) is 8.51. The molecule has 1 aliphatic rings. The Balaban J connectivity index is 1.92. The summed E-state index contributed by atoms with van der Waals surface area (Å²) in [4.78, 5) is 4.09. The van der Waals surface area contributed by atoms with Gasteiger partial charge in [-0.2, -0.15) is 5.10 Å². The largest absolute Gasteiger partial charge is 0.249 e. The van der Waals surface area contributed by atoms with Gasteiger partial charge in [-0.05, 0) is 30.5 Å². The maximum atomic E-state index is 5.98. The molecule has 99 valence electrons. The standard InChI is InChI=1S/C15H17ClN3/c16-13-8-6-12(7-9-13)14-4-2-1-3-5-15(14)19-11-17-10-18-19/h6-11,15H,1-5H2. The lowest BCUT2D eigenvalue weighted by Crippen LogP contribution is -2.18. The Morgan fingerprint density at radius 3 is 2.68 bits per heavy atom. The maximum Gasteiger partial charge on any atom is 0.137 e. The third-order valence-corrected chi connectivity index (χ3v) is 4.05. The van der Waals surface area contributed by atoms with Crippen molar-refractivity contribution < 1.29 is 0 Å². The van der Waals surface area contributed by atoms with Crippen molar-refractivity contribution >= 4 is 11.6 Å². The van der Waals surface area contributed by atoms with E-state index in [1.807, 2.05) is 23.1 Å². The van der Waals surface area contributed by atoms with Crippen LogP contribution in [-0.2, 0) is 0 Å². The van der Waals surface area contributed by atoms with Crippen LogP contribution in [-0.4, -0.2) is 14.8 Å². The SMILES string of the molecule is Clc1ccc([C]2CCCCCC2n2cncn2)cc1. The molecule has 1 heterocycles. The van der Waals surface area contributed by atoms with Crippen LogP contribution in [0.25, 0.3) is 0 Å². The van der Waals surface area contributed by atoms with Crippen LogP contribution < -0.4 is 0 Å². The Morgan fingerprint density at radius 2 is 1.95 bits per heavy atom. The second-order valence-corrected chi connectivity index (χ2v) is 5.46. The Hall–Kier alpha value is -1.35. The van der Waals surface area contributed by atoms with Crippen molar-refractivity contribution in [2.24, 2.45) is 0 Å². The fourth-order valence-corrected chi connectivity index (χ4v) is 2.97. The number of aromatic nitrogens is 3. The molecule has 0 amide bonds. The van der Waals surface area contributed by atoms with E-state index in [1.54, 1.807) is 6.33 Å². The molecule has 2 aromatic rings. The van der Waals surface area contributed by atoms with Gasteiger partial charge in [0.25, 0.3) is 0 Å². The van der Waals surface area contributed by atoms with E-state index in [9.17, 15) is 0 Å². The molecule has 0 bridgehead atoms. The zero-order valence-corrected chi connectivity index (χ0v) is 11.6. The first-order chi connectivity index (χ1) is 9.34. The normalized spacial score (nSPS) is 21.2. The zero-order chi connectivity index (χ0) is 13.1. The molecular weight excluding hydrogens is 258 g/mol. The van der Waals surface area contributed by atoms with Crippen molar-refractivity contribution in [1.82, 2.24) is 14.8 Å². The first-order valence-corrected chi connectivity index (χ1v) is 7.18. The summed E-state index contributed by atoms with van der Waals surface area (Å²) in [6.45, 7) is 0. The van der Waals surface area contributed by atoms with Crippen LogP contribution in [0.15, 0.2) is 36.9 Å². The predicted molar refractivity (Wildman–Crippen MR) is 75.9 cm³/mol. The minimum atomic E-state index is 0.339. The monoisotopic (exact) mass is 274 g/mol. The molecule has 0 spiro atoms. The number of halogens is 1. The molecule has 1 aromatic carbocycles. The molecule has 1 atom stereocenters. The molecule has 1 aromatic heterocycles. The number of hydrogen-bond donors (Lipinski definition) is 0. The molecular formula is C15H17ClN3. The van der Waals surface area contributed by atoms with Crippen molar-refractivity contribution in [2.45, 2.75) is 38.1 Å². The summed E-state index contributed by atoms with van der Waals surface area (Å²) in [7, 11) is 0. The molecule has 0 aliphatic heterocycles. The summed E-state index contributed by atoms with van der Waals surface area (Å²) in [5.74, 6) is 1.46. The topological polar surface area (TPSA) is 30.7 Å². The zero-order valence-electron chi connectivity index (χ0n) is 10.8. The first-order valence-electron chi connectivity index (χ1n) is 6.80. The van der Waals surface area contributed by atoms with Crippen LogP contribution in [0.3, 0.4) is 0 Å². The molecule has 1 unspecified atom stereocenters. The second-order valence-electron chi connectivity index (χ2n) is 5.02. The van der Waals surface area contributed by atoms with E-state index in [4.69, 9.17) is 11.6 Å². The van der Waals surface area contributed by atoms with Gasteiger partial charge in [0.05, 0.1) is 6.04 Å². The number of rotatable bonds is 2. The van der Waals surface area contributed by atoms with E-state index >= 15 is 0 Å². The van der Waals surface area contributed by atoms with Gasteiger partial charge in [0.2, 0.25) is 0 Å². The average molecular weight is 275 g/mol. The predicted octanol–water partition coefficient (Wildman–Crippen LogP) is 4.06. The fourth-order valence-electron chi connectivity index (χ4n) is 2.84. The van der Waals surface area contributed by atoms with Gasteiger partial charge in [-0.1, -0.05) is 43.0 Å². The Morgan fingerprint density at radius 1 is 1.11 bits per heavy atom. The van der Waals surface area contributed by atoms with E-state index in [0.717, 1.165) is 17.9 Å². The van der Waals surface area contributed by atoms with Gasteiger partial charge >= 0.3 is 0 Å². The van der Waals surface area contributed by atoms with Gasteiger partial charge in [-0.25, -0.2) is 9.67 Å². The molecule has 0 saturated heterocycles. The third-order valence-electron chi connectivity index (χ3n) is 3.80. The van der Waals surface area contributed by atoms with E-state index in [2.05, 4.69) is 22.2 Å². The van der Waals surface area contributed by atoms with Crippen LogP contribution in [0, 0.1) is 5.92 Å². The van der Waals surface area contributed by atoms with Crippen molar-refractivity contribution in [3.8, 4) is 0 Å². The van der Waals surface area contributed by atoms with Gasteiger partial charge in [0.1, 0.15) is 12.7 Å². The number of benzene rings is 1. The Bertz CT molecular complexity index is 507. The Kier molecular flexibility index (Phi) is 3.83. The molecule has 3 rings (SSSR count).